The molecular weight excluding hydrogens is 228 g/mol. The SMILES string of the molecule is CN=C(NN)N(C)C(C)Cc1ccccc1OC. The van der Waals surface area contributed by atoms with Crippen molar-refractivity contribution in [2.45, 2.75) is 19.4 Å². The second kappa shape index (κ2) is 6.86. The monoisotopic (exact) mass is 250 g/mol. The Balaban J connectivity index is 2.78. The Kier molecular flexibility index (Phi) is 5.45. The Morgan fingerprint density at radius 2 is 2.17 bits per heavy atom. The molecule has 0 saturated heterocycles. The smallest absolute Gasteiger partial charge is 0.208 e. The minimum atomic E-state index is 0.260. The molecule has 0 bridgehead atoms. The molecule has 0 aromatic heterocycles. The summed E-state index contributed by atoms with van der Waals surface area (Å²) in [6.45, 7) is 2.12. The van der Waals surface area contributed by atoms with Gasteiger partial charge in [0.15, 0.2) is 0 Å². The first-order valence-corrected chi connectivity index (χ1v) is 5.92. The highest BCUT2D eigenvalue weighted by Crippen LogP contribution is 2.20. The van der Waals surface area contributed by atoms with Gasteiger partial charge in [-0.3, -0.25) is 10.4 Å². The predicted molar refractivity (Wildman–Crippen MR) is 74.6 cm³/mol. The second-order valence-electron chi connectivity index (χ2n) is 4.17. The Hall–Kier alpha value is -1.75. The topological polar surface area (TPSA) is 62.9 Å². The van der Waals surface area contributed by atoms with Crippen LogP contribution in [0.2, 0.25) is 0 Å². The van der Waals surface area contributed by atoms with Gasteiger partial charge in [0, 0.05) is 20.1 Å². The van der Waals surface area contributed by atoms with Crippen molar-refractivity contribution in [3.05, 3.63) is 29.8 Å². The average Bonchev–Trinajstić information content (AvgIpc) is 2.40. The fourth-order valence-electron chi connectivity index (χ4n) is 1.86. The van der Waals surface area contributed by atoms with Gasteiger partial charge in [0.2, 0.25) is 5.96 Å². The van der Waals surface area contributed by atoms with Gasteiger partial charge in [-0.25, -0.2) is 5.84 Å². The number of guanidine groups is 1. The first kappa shape index (κ1) is 14.3. The van der Waals surface area contributed by atoms with Crippen LogP contribution in [0.4, 0.5) is 0 Å². The number of hydrogen-bond acceptors (Lipinski definition) is 3. The summed E-state index contributed by atoms with van der Waals surface area (Å²) < 4.78 is 5.35. The first-order chi connectivity index (χ1) is 8.63. The zero-order valence-corrected chi connectivity index (χ0v) is 11.5. The van der Waals surface area contributed by atoms with Crippen molar-refractivity contribution in [1.29, 1.82) is 0 Å². The zero-order valence-electron chi connectivity index (χ0n) is 11.5. The summed E-state index contributed by atoms with van der Waals surface area (Å²) in [7, 11) is 5.36. The molecule has 0 aliphatic heterocycles. The maximum absolute atomic E-state index is 5.42. The number of aliphatic imine (C=N–C) groups is 1. The van der Waals surface area contributed by atoms with Crippen LogP contribution in [0.1, 0.15) is 12.5 Å². The van der Waals surface area contributed by atoms with E-state index in [-0.39, 0.29) is 6.04 Å². The van der Waals surface area contributed by atoms with E-state index in [1.807, 2.05) is 30.1 Å². The Bertz CT molecular complexity index is 406. The molecule has 0 aliphatic carbocycles. The van der Waals surface area contributed by atoms with E-state index >= 15 is 0 Å². The van der Waals surface area contributed by atoms with E-state index in [0.29, 0.717) is 5.96 Å². The summed E-state index contributed by atoms with van der Waals surface area (Å²) >= 11 is 0. The molecule has 5 nitrogen and oxygen atoms in total. The maximum Gasteiger partial charge on any atom is 0.208 e. The highest BCUT2D eigenvalue weighted by molar-refractivity contribution is 5.79. The number of likely N-dealkylation sites (N-methyl/N-ethyl adjacent to an activating group) is 1. The van der Waals surface area contributed by atoms with E-state index in [1.165, 1.54) is 5.56 Å². The lowest BCUT2D eigenvalue weighted by atomic mass is 10.1. The highest BCUT2D eigenvalue weighted by atomic mass is 16.5. The molecule has 0 radical (unpaired) electrons. The fourth-order valence-corrected chi connectivity index (χ4v) is 1.86. The maximum atomic E-state index is 5.42. The zero-order chi connectivity index (χ0) is 13.5. The van der Waals surface area contributed by atoms with Crippen LogP contribution in [-0.2, 0) is 6.42 Å². The summed E-state index contributed by atoms with van der Waals surface area (Å²) in [5.41, 5.74) is 3.76. The van der Waals surface area contributed by atoms with Crippen molar-refractivity contribution in [2.75, 3.05) is 21.2 Å². The van der Waals surface area contributed by atoms with Gasteiger partial charge in [0.05, 0.1) is 7.11 Å². The quantitative estimate of drug-likeness (QED) is 0.362. The summed E-state index contributed by atoms with van der Waals surface area (Å²) in [5.74, 6) is 7.00. The lowest BCUT2D eigenvalue weighted by Crippen LogP contribution is -2.47. The largest absolute Gasteiger partial charge is 0.496 e. The molecule has 0 aliphatic rings. The summed E-state index contributed by atoms with van der Waals surface area (Å²) in [6.07, 6.45) is 0.862. The van der Waals surface area contributed by atoms with Crippen molar-refractivity contribution in [3.8, 4) is 5.75 Å². The average molecular weight is 250 g/mol. The van der Waals surface area contributed by atoms with Gasteiger partial charge in [-0.1, -0.05) is 18.2 Å². The minimum Gasteiger partial charge on any atom is -0.496 e. The number of para-hydroxylation sites is 1. The van der Waals surface area contributed by atoms with Crippen LogP contribution in [0.25, 0.3) is 0 Å². The van der Waals surface area contributed by atoms with Crippen molar-refractivity contribution in [2.24, 2.45) is 10.8 Å². The van der Waals surface area contributed by atoms with E-state index in [9.17, 15) is 0 Å². The van der Waals surface area contributed by atoms with E-state index in [0.717, 1.165) is 12.2 Å². The number of ether oxygens (including phenoxy) is 1. The lowest BCUT2D eigenvalue weighted by molar-refractivity contribution is 0.364. The fraction of sp³-hybridized carbons (Fsp3) is 0.462. The third-order valence-corrected chi connectivity index (χ3v) is 3.04. The minimum absolute atomic E-state index is 0.260. The molecule has 0 saturated carbocycles. The number of methoxy groups -OCH3 is 1. The summed E-state index contributed by atoms with van der Waals surface area (Å²) in [5, 5.41) is 0. The molecule has 5 heteroatoms. The molecule has 0 heterocycles. The van der Waals surface area contributed by atoms with Crippen molar-refractivity contribution in [1.82, 2.24) is 10.3 Å². The van der Waals surface area contributed by atoms with Crippen LogP contribution < -0.4 is 16.0 Å². The van der Waals surface area contributed by atoms with E-state index < -0.39 is 0 Å². The van der Waals surface area contributed by atoms with Gasteiger partial charge in [-0.05, 0) is 25.0 Å². The molecule has 1 aromatic rings. The van der Waals surface area contributed by atoms with Crippen LogP contribution in [0.15, 0.2) is 29.3 Å². The van der Waals surface area contributed by atoms with Gasteiger partial charge in [0.25, 0.3) is 0 Å². The van der Waals surface area contributed by atoms with Gasteiger partial charge in [0.1, 0.15) is 5.75 Å². The van der Waals surface area contributed by atoms with E-state index in [2.05, 4.69) is 23.4 Å². The lowest BCUT2D eigenvalue weighted by Gasteiger charge is -2.27. The molecule has 1 aromatic carbocycles. The van der Waals surface area contributed by atoms with Gasteiger partial charge in [-0.2, -0.15) is 0 Å². The van der Waals surface area contributed by atoms with Crippen molar-refractivity contribution < 1.29 is 4.74 Å². The molecule has 0 amide bonds. The molecule has 1 unspecified atom stereocenters. The standard InChI is InChI=1S/C13H22N4O/c1-10(17(3)13(15-2)16-14)9-11-7-5-6-8-12(11)18-4/h5-8,10H,9,14H2,1-4H3,(H,15,16). The third-order valence-electron chi connectivity index (χ3n) is 3.04. The molecule has 18 heavy (non-hydrogen) atoms. The van der Waals surface area contributed by atoms with Crippen LogP contribution in [-0.4, -0.2) is 38.1 Å². The first-order valence-electron chi connectivity index (χ1n) is 5.92. The Morgan fingerprint density at radius 3 is 2.72 bits per heavy atom. The normalized spacial score (nSPS) is 13.1. The molecular formula is C13H22N4O. The molecule has 1 rings (SSSR count). The Morgan fingerprint density at radius 1 is 1.50 bits per heavy atom. The van der Waals surface area contributed by atoms with Crippen LogP contribution in [0.3, 0.4) is 0 Å². The van der Waals surface area contributed by atoms with E-state index in [1.54, 1.807) is 14.2 Å². The second-order valence-corrected chi connectivity index (χ2v) is 4.17. The predicted octanol–water partition coefficient (Wildman–Crippen LogP) is 1.01. The number of nitrogens with zero attached hydrogens (tertiary/aromatic N) is 2. The summed E-state index contributed by atoms with van der Waals surface area (Å²) in [4.78, 5) is 6.09. The molecule has 0 spiro atoms. The van der Waals surface area contributed by atoms with Crippen LogP contribution in [0, 0.1) is 0 Å². The molecule has 1 atom stereocenters. The Labute approximate surface area is 109 Å². The number of rotatable bonds is 4. The van der Waals surface area contributed by atoms with Gasteiger partial charge < -0.3 is 9.64 Å². The van der Waals surface area contributed by atoms with Crippen LogP contribution in [0.5, 0.6) is 5.75 Å². The van der Waals surface area contributed by atoms with Crippen LogP contribution >= 0.6 is 0 Å². The van der Waals surface area contributed by atoms with Crippen molar-refractivity contribution >= 4 is 5.96 Å². The molecule has 3 N–H and O–H groups in total. The number of hydrogen-bond donors (Lipinski definition) is 2. The van der Waals surface area contributed by atoms with Gasteiger partial charge in [-0.15, -0.1) is 0 Å². The number of nitrogens with one attached hydrogen (secondary N) is 1. The molecule has 100 valence electrons. The number of nitrogens with two attached hydrogens (primary N) is 1. The van der Waals surface area contributed by atoms with E-state index in [4.69, 9.17) is 10.6 Å². The number of benzene rings is 1. The highest BCUT2D eigenvalue weighted by Gasteiger charge is 2.15. The number of hydrazine groups is 1. The summed E-state index contributed by atoms with van der Waals surface area (Å²) in [6, 6.07) is 8.29. The third kappa shape index (κ3) is 3.37. The van der Waals surface area contributed by atoms with Crippen molar-refractivity contribution in [3.63, 3.8) is 0 Å². The molecule has 0 fully saturated rings. The van der Waals surface area contributed by atoms with Gasteiger partial charge >= 0.3 is 0 Å².